The van der Waals surface area contributed by atoms with Crippen LogP contribution in [0.5, 0.6) is 0 Å². The van der Waals surface area contributed by atoms with Crippen LogP contribution in [0.15, 0.2) is 18.2 Å². The van der Waals surface area contributed by atoms with Crippen LogP contribution in [0, 0.1) is 0 Å². The number of sulfonamides is 1. The van der Waals surface area contributed by atoms with Gasteiger partial charge in [-0.2, -0.15) is 4.31 Å². The topological polar surface area (TPSA) is 69.7 Å². The van der Waals surface area contributed by atoms with E-state index in [1.165, 1.54) is 4.31 Å². The number of nitrogens with one attached hydrogen (secondary N) is 1. The molecule has 23 heavy (non-hydrogen) atoms. The number of carbonyl (C=O) groups is 1. The van der Waals surface area contributed by atoms with Gasteiger partial charge < -0.3 is 10.2 Å². The molecule has 6 nitrogen and oxygen atoms in total. The Kier molecular flexibility index (Phi) is 5.54. The van der Waals surface area contributed by atoms with Gasteiger partial charge in [-0.15, -0.1) is 0 Å². The van der Waals surface area contributed by atoms with E-state index in [1.54, 1.807) is 12.1 Å². The Morgan fingerprint density at radius 3 is 2.61 bits per heavy atom. The number of benzene rings is 1. The van der Waals surface area contributed by atoms with Crippen LogP contribution in [0.3, 0.4) is 0 Å². The Labute approximate surface area is 142 Å². The number of halogens is 1. The third-order valence-electron chi connectivity index (χ3n) is 3.88. The second kappa shape index (κ2) is 7.07. The largest absolute Gasteiger partial charge is 0.376 e. The molecule has 1 fully saturated rings. The minimum absolute atomic E-state index is 0.316. The van der Waals surface area contributed by atoms with Crippen LogP contribution < -0.4 is 10.2 Å². The van der Waals surface area contributed by atoms with Gasteiger partial charge in [-0.25, -0.2) is 8.42 Å². The lowest BCUT2D eigenvalue weighted by Crippen LogP contribution is -2.49. The summed E-state index contributed by atoms with van der Waals surface area (Å²) in [5.41, 5.74) is 1.41. The molecule has 1 heterocycles. The average molecular weight is 360 g/mol. The van der Waals surface area contributed by atoms with Gasteiger partial charge >= 0.3 is 0 Å². The lowest BCUT2D eigenvalue weighted by atomic mass is 10.0. The van der Waals surface area contributed by atoms with Crippen molar-refractivity contribution >= 4 is 38.9 Å². The molecule has 0 aliphatic carbocycles. The van der Waals surface area contributed by atoms with Crippen LogP contribution in [0.25, 0.3) is 0 Å². The van der Waals surface area contributed by atoms with E-state index < -0.39 is 16.1 Å². The van der Waals surface area contributed by atoms with Gasteiger partial charge in [0.25, 0.3) is 0 Å². The number of anilines is 2. The first-order valence-corrected chi connectivity index (χ1v) is 9.67. The zero-order valence-corrected chi connectivity index (χ0v) is 15.1. The fourth-order valence-corrected chi connectivity index (χ4v) is 4.21. The molecular weight excluding hydrogens is 338 g/mol. The van der Waals surface area contributed by atoms with E-state index in [4.69, 9.17) is 11.6 Å². The molecule has 0 bridgehead atoms. The quantitative estimate of drug-likeness (QED) is 0.894. The number of piperidine rings is 1. The van der Waals surface area contributed by atoms with Gasteiger partial charge in [0.2, 0.25) is 15.9 Å². The molecule has 1 atom stereocenters. The summed E-state index contributed by atoms with van der Waals surface area (Å²) in [5, 5.41) is 3.30. The normalized spacial score (nSPS) is 19.4. The van der Waals surface area contributed by atoms with Crippen LogP contribution in [-0.2, 0) is 14.8 Å². The van der Waals surface area contributed by atoms with Crippen molar-refractivity contribution in [1.29, 1.82) is 0 Å². The van der Waals surface area contributed by atoms with E-state index in [1.807, 2.05) is 25.1 Å². The number of nitrogens with zero attached hydrogens (tertiary/aromatic N) is 2. The van der Waals surface area contributed by atoms with Gasteiger partial charge in [-0.05, 0) is 31.0 Å². The molecule has 2 rings (SSSR count). The number of amides is 1. The predicted octanol–water partition coefficient (Wildman–Crippen LogP) is 2.16. The summed E-state index contributed by atoms with van der Waals surface area (Å²) < 4.78 is 25.0. The molecule has 1 aliphatic rings. The molecule has 8 heteroatoms. The molecular formula is C15H22ClN3O3S. The lowest BCUT2D eigenvalue weighted by molar-refractivity contribution is -0.120. The minimum atomic E-state index is -3.40. The van der Waals surface area contributed by atoms with Crippen LogP contribution in [0.4, 0.5) is 11.4 Å². The van der Waals surface area contributed by atoms with Crippen molar-refractivity contribution in [3.8, 4) is 0 Å². The smallest absolute Gasteiger partial charge is 0.242 e. The van der Waals surface area contributed by atoms with Crippen molar-refractivity contribution < 1.29 is 13.2 Å². The highest BCUT2D eigenvalue weighted by Crippen LogP contribution is 2.28. The zero-order valence-electron chi connectivity index (χ0n) is 13.5. The first kappa shape index (κ1) is 18.0. The van der Waals surface area contributed by atoms with Crippen LogP contribution >= 0.6 is 11.6 Å². The Hall–Kier alpha value is -1.31. The molecule has 1 amide bonds. The van der Waals surface area contributed by atoms with Crippen LogP contribution in [-0.4, -0.2) is 51.6 Å². The van der Waals surface area contributed by atoms with Crippen molar-refractivity contribution in [3.05, 3.63) is 23.2 Å². The van der Waals surface area contributed by atoms with Crippen molar-refractivity contribution in [2.75, 3.05) is 37.1 Å². The predicted molar refractivity (Wildman–Crippen MR) is 93.6 cm³/mol. The summed E-state index contributed by atoms with van der Waals surface area (Å²) in [4.78, 5) is 14.4. The molecule has 0 spiro atoms. The van der Waals surface area contributed by atoms with Gasteiger partial charge in [0.05, 0.1) is 17.0 Å². The lowest BCUT2D eigenvalue weighted by Gasteiger charge is -2.32. The molecule has 1 aromatic rings. The molecule has 1 aliphatic heterocycles. The third-order valence-corrected chi connectivity index (χ3v) is 5.47. The number of hydrogen-bond acceptors (Lipinski definition) is 4. The van der Waals surface area contributed by atoms with Gasteiger partial charge in [0.15, 0.2) is 0 Å². The Bertz CT molecular complexity index is 691. The maximum Gasteiger partial charge on any atom is 0.242 e. The maximum atomic E-state index is 12.5. The van der Waals surface area contributed by atoms with Crippen molar-refractivity contribution in [2.45, 2.75) is 25.3 Å². The average Bonchev–Trinajstić information content (AvgIpc) is 2.46. The molecule has 0 saturated carbocycles. The molecule has 1 saturated heterocycles. The van der Waals surface area contributed by atoms with E-state index in [9.17, 15) is 13.2 Å². The minimum Gasteiger partial charge on any atom is -0.376 e. The second-order valence-electron chi connectivity index (χ2n) is 5.94. The first-order chi connectivity index (χ1) is 10.7. The Morgan fingerprint density at radius 2 is 2.04 bits per heavy atom. The fraction of sp³-hybridized carbons (Fsp3) is 0.533. The number of rotatable bonds is 4. The van der Waals surface area contributed by atoms with E-state index in [2.05, 4.69) is 5.32 Å². The summed E-state index contributed by atoms with van der Waals surface area (Å²) in [6.07, 6.45) is 3.29. The summed E-state index contributed by atoms with van der Waals surface area (Å²) in [7, 11) is 0.362. The maximum absolute atomic E-state index is 12.5. The monoisotopic (exact) mass is 359 g/mol. The summed E-state index contributed by atoms with van der Waals surface area (Å²) in [6.45, 7) is 0.386. The Balaban J connectivity index is 2.16. The number of carbonyl (C=O) groups excluding carboxylic acids is 1. The highest BCUT2D eigenvalue weighted by molar-refractivity contribution is 7.88. The molecule has 1 aromatic carbocycles. The van der Waals surface area contributed by atoms with Crippen LogP contribution in [0.2, 0.25) is 5.02 Å². The van der Waals surface area contributed by atoms with E-state index >= 15 is 0 Å². The van der Waals surface area contributed by atoms with E-state index in [0.29, 0.717) is 23.7 Å². The molecule has 0 radical (unpaired) electrons. The highest BCUT2D eigenvalue weighted by atomic mass is 35.5. The summed E-state index contributed by atoms with van der Waals surface area (Å²) >= 11 is 6.20. The van der Waals surface area contributed by atoms with Gasteiger partial charge in [0.1, 0.15) is 6.04 Å². The van der Waals surface area contributed by atoms with Gasteiger partial charge in [-0.3, -0.25) is 4.79 Å². The number of hydrogen-bond donors (Lipinski definition) is 1. The van der Waals surface area contributed by atoms with Crippen molar-refractivity contribution in [3.63, 3.8) is 0 Å². The van der Waals surface area contributed by atoms with Gasteiger partial charge in [0, 0.05) is 26.3 Å². The van der Waals surface area contributed by atoms with Gasteiger partial charge in [-0.1, -0.05) is 18.0 Å². The highest BCUT2D eigenvalue weighted by Gasteiger charge is 2.34. The molecule has 128 valence electrons. The fourth-order valence-electron chi connectivity index (χ4n) is 2.74. The first-order valence-electron chi connectivity index (χ1n) is 7.44. The van der Waals surface area contributed by atoms with E-state index in [-0.39, 0.29) is 5.91 Å². The Morgan fingerprint density at radius 1 is 1.35 bits per heavy atom. The standard InChI is InChI=1S/C15H22ClN3O3S/c1-18(2)13-8-7-11(10-12(13)16)17-15(20)14-6-4-5-9-19(14)23(3,21)22/h7-8,10,14H,4-6,9H2,1-3H3,(H,17,20). The SMILES string of the molecule is CN(C)c1ccc(NC(=O)C2CCCCN2S(C)(=O)=O)cc1Cl. The zero-order chi connectivity index (χ0) is 17.2. The summed E-state index contributed by atoms with van der Waals surface area (Å²) in [5.74, 6) is -0.316. The van der Waals surface area contributed by atoms with Crippen molar-refractivity contribution in [2.24, 2.45) is 0 Å². The van der Waals surface area contributed by atoms with Crippen molar-refractivity contribution in [1.82, 2.24) is 4.31 Å². The van der Waals surface area contributed by atoms with Crippen LogP contribution in [0.1, 0.15) is 19.3 Å². The van der Waals surface area contributed by atoms with E-state index in [0.717, 1.165) is 24.8 Å². The summed E-state index contributed by atoms with van der Waals surface area (Å²) in [6, 6.07) is 4.58. The molecule has 0 aromatic heterocycles. The molecule has 1 unspecified atom stereocenters. The second-order valence-corrected chi connectivity index (χ2v) is 8.28. The third kappa shape index (κ3) is 4.37. The molecule has 1 N–H and O–H groups in total.